The molecular weight excluding hydrogens is 398 g/mol. The minimum absolute atomic E-state index is 0. The normalized spacial score (nSPS) is 17.9. The zero-order chi connectivity index (χ0) is 20.6. The molecule has 1 aliphatic rings. The van der Waals surface area contributed by atoms with Crippen LogP contribution in [-0.4, -0.2) is 24.9 Å². The van der Waals surface area contributed by atoms with Crippen molar-refractivity contribution in [2.24, 2.45) is 11.8 Å². The van der Waals surface area contributed by atoms with Crippen LogP contribution in [0, 0.1) is 11.8 Å². The summed E-state index contributed by atoms with van der Waals surface area (Å²) in [6.45, 7) is 6.24. The van der Waals surface area contributed by atoms with Crippen LogP contribution in [0.1, 0.15) is 55.1 Å². The van der Waals surface area contributed by atoms with Crippen molar-refractivity contribution >= 4 is 29.9 Å². The van der Waals surface area contributed by atoms with Gasteiger partial charge in [0.1, 0.15) is 0 Å². The lowest BCUT2D eigenvalue weighted by molar-refractivity contribution is -0.123. The smallest absolute Gasteiger partial charge is 0.255 e. The van der Waals surface area contributed by atoms with Crippen LogP contribution in [0.15, 0.2) is 54.6 Å². The van der Waals surface area contributed by atoms with Crippen molar-refractivity contribution in [2.75, 3.05) is 18.4 Å². The lowest BCUT2D eigenvalue weighted by Gasteiger charge is -2.28. The molecule has 1 saturated heterocycles. The highest BCUT2D eigenvalue weighted by atomic mass is 35.5. The summed E-state index contributed by atoms with van der Waals surface area (Å²) in [5.41, 5.74) is 2.31. The summed E-state index contributed by atoms with van der Waals surface area (Å²) in [7, 11) is 0. The van der Waals surface area contributed by atoms with Gasteiger partial charge in [0.25, 0.3) is 5.91 Å². The summed E-state index contributed by atoms with van der Waals surface area (Å²) in [4.78, 5) is 24.9. The van der Waals surface area contributed by atoms with E-state index in [1.165, 1.54) is 12.8 Å². The Kier molecular flexibility index (Phi) is 9.34. The Bertz CT molecular complexity index is 822. The van der Waals surface area contributed by atoms with Crippen LogP contribution in [0.2, 0.25) is 0 Å². The van der Waals surface area contributed by atoms with Gasteiger partial charge in [0, 0.05) is 17.7 Å². The molecule has 3 atom stereocenters. The number of rotatable bonds is 7. The van der Waals surface area contributed by atoms with Gasteiger partial charge in [-0.2, -0.15) is 0 Å². The molecule has 5 nitrogen and oxygen atoms in total. The molecule has 0 saturated carbocycles. The van der Waals surface area contributed by atoms with E-state index in [1.807, 2.05) is 49.4 Å². The molecule has 6 heteroatoms. The van der Waals surface area contributed by atoms with Crippen LogP contribution in [0.3, 0.4) is 0 Å². The zero-order valence-electron chi connectivity index (χ0n) is 17.7. The average molecular weight is 430 g/mol. The molecule has 162 valence electrons. The maximum atomic E-state index is 12.5. The van der Waals surface area contributed by atoms with Crippen LogP contribution >= 0.6 is 12.4 Å². The number of halogens is 1. The molecule has 3 N–H and O–H groups in total. The second-order valence-electron chi connectivity index (χ2n) is 8.02. The highest BCUT2D eigenvalue weighted by Crippen LogP contribution is 2.23. The number of hydrogen-bond donors (Lipinski definition) is 3. The monoisotopic (exact) mass is 429 g/mol. The third-order valence-corrected chi connectivity index (χ3v) is 5.71. The van der Waals surface area contributed by atoms with Crippen molar-refractivity contribution < 1.29 is 9.59 Å². The zero-order valence-corrected chi connectivity index (χ0v) is 18.5. The fourth-order valence-electron chi connectivity index (χ4n) is 3.89. The maximum absolute atomic E-state index is 12.5. The van der Waals surface area contributed by atoms with Gasteiger partial charge in [-0.3, -0.25) is 9.59 Å². The van der Waals surface area contributed by atoms with E-state index >= 15 is 0 Å². The summed E-state index contributed by atoms with van der Waals surface area (Å²) in [6.07, 6.45) is 2.93. The van der Waals surface area contributed by atoms with E-state index in [9.17, 15) is 9.59 Å². The first-order valence-electron chi connectivity index (χ1n) is 10.5. The van der Waals surface area contributed by atoms with Gasteiger partial charge in [-0.25, -0.2) is 0 Å². The Morgan fingerprint density at radius 3 is 2.57 bits per heavy atom. The Morgan fingerprint density at radius 1 is 1.10 bits per heavy atom. The van der Waals surface area contributed by atoms with Gasteiger partial charge in [0.2, 0.25) is 5.91 Å². The molecule has 0 radical (unpaired) electrons. The first kappa shape index (κ1) is 23.9. The fourth-order valence-corrected chi connectivity index (χ4v) is 3.89. The summed E-state index contributed by atoms with van der Waals surface area (Å²) in [5.74, 6) is 0.872. The number of nitrogens with one attached hydrogen (secondary N) is 3. The minimum atomic E-state index is -0.144. The first-order valence-corrected chi connectivity index (χ1v) is 10.5. The van der Waals surface area contributed by atoms with E-state index in [-0.39, 0.29) is 30.3 Å². The molecule has 2 aromatic carbocycles. The van der Waals surface area contributed by atoms with E-state index in [0.717, 1.165) is 24.3 Å². The van der Waals surface area contributed by atoms with Crippen molar-refractivity contribution in [2.45, 2.75) is 39.2 Å². The van der Waals surface area contributed by atoms with Crippen LogP contribution in [-0.2, 0) is 4.79 Å². The molecule has 2 amide bonds. The summed E-state index contributed by atoms with van der Waals surface area (Å²) < 4.78 is 0. The number of carbonyl (C=O) groups excluding carboxylic acids is 2. The second-order valence-corrected chi connectivity index (χ2v) is 8.02. The number of amides is 2. The van der Waals surface area contributed by atoms with Crippen molar-refractivity contribution in [3.05, 3.63) is 65.7 Å². The van der Waals surface area contributed by atoms with E-state index in [2.05, 4.69) is 22.9 Å². The lowest BCUT2D eigenvalue weighted by atomic mass is 9.85. The molecule has 30 heavy (non-hydrogen) atoms. The molecule has 2 aromatic rings. The van der Waals surface area contributed by atoms with Gasteiger partial charge in [-0.05, 0) is 74.5 Å². The average Bonchev–Trinajstić information content (AvgIpc) is 2.75. The van der Waals surface area contributed by atoms with Crippen molar-refractivity contribution in [3.8, 4) is 0 Å². The Morgan fingerprint density at radius 2 is 1.87 bits per heavy atom. The molecule has 0 spiro atoms. The molecular formula is C24H32ClN3O2. The number of benzene rings is 2. The quantitative estimate of drug-likeness (QED) is 0.604. The molecule has 1 fully saturated rings. The van der Waals surface area contributed by atoms with Gasteiger partial charge >= 0.3 is 0 Å². The number of carbonyl (C=O) groups is 2. The molecule has 0 bridgehead atoms. The molecule has 0 aliphatic carbocycles. The minimum Gasteiger partial charge on any atom is -0.350 e. The third kappa shape index (κ3) is 6.85. The number of piperidine rings is 1. The lowest BCUT2D eigenvalue weighted by Crippen LogP contribution is -2.36. The van der Waals surface area contributed by atoms with Crippen molar-refractivity contribution in [1.82, 2.24) is 10.6 Å². The molecule has 1 aliphatic heterocycles. The number of hydrogen-bond acceptors (Lipinski definition) is 3. The number of anilines is 1. The standard InChI is InChI=1S/C24H31N3O2.ClH/c1-17(21-11-7-13-25-16-21)14-23(28)26-18(2)20-10-6-12-22(15-20)27-24(29)19-8-4-3-5-9-19;/h3-6,8-10,12,15,17-18,21,25H,7,11,13-14,16H2,1-2H3,(H,26,28)(H,27,29);1H. The second kappa shape index (κ2) is 11.7. The van der Waals surface area contributed by atoms with Crippen LogP contribution in [0.25, 0.3) is 0 Å². The van der Waals surface area contributed by atoms with Crippen molar-refractivity contribution in [1.29, 1.82) is 0 Å². The topological polar surface area (TPSA) is 70.2 Å². The summed E-state index contributed by atoms with van der Waals surface area (Å²) >= 11 is 0. The van der Waals surface area contributed by atoms with E-state index in [1.54, 1.807) is 12.1 Å². The Hall–Kier alpha value is -2.37. The highest BCUT2D eigenvalue weighted by molar-refractivity contribution is 6.04. The summed E-state index contributed by atoms with van der Waals surface area (Å²) in [5, 5.41) is 9.45. The van der Waals surface area contributed by atoms with Gasteiger partial charge in [0.05, 0.1) is 6.04 Å². The Balaban J connectivity index is 0.00000320. The molecule has 1 heterocycles. The Labute approximate surface area is 185 Å². The largest absolute Gasteiger partial charge is 0.350 e. The third-order valence-electron chi connectivity index (χ3n) is 5.71. The van der Waals surface area contributed by atoms with E-state index in [0.29, 0.717) is 23.8 Å². The van der Waals surface area contributed by atoms with E-state index in [4.69, 9.17) is 0 Å². The predicted molar refractivity (Wildman–Crippen MR) is 124 cm³/mol. The van der Waals surface area contributed by atoms with Crippen LogP contribution in [0.4, 0.5) is 5.69 Å². The maximum Gasteiger partial charge on any atom is 0.255 e. The van der Waals surface area contributed by atoms with E-state index < -0.39 is 0 Å². The highest BCUT2D eigenvalue weighted by Gasteiger charge is 2.22. The van der Waals surface area contributed by atoms with Gasteiger partial charge in [-0.1, -0.05) is 37.3 Å². The van der Waals surface area contributed by atoms with Crippen LogP contribution in [0.5, 0.6) is 0 Å². The van der Waals surface area contributed by atoms with Gasteiger partial charge in [-0.15, -0.1) is 12.4 Å². The SMILES string of the molecule is CC(NC(=O)CC(C)C1CCCNC1)c1cccc(NC(=O)c2ccccc2)c1.Cl. The van der Waals surface area contributed by atoms with Gasteiger partial charge in [0.15, 0.2) is 0 Å². The van der Waals surface area contributed by atoms with Gasteiger partial charge < -0.3 is 16.0 Å². The fraction of sp³-hybridized carbons (Fsp3) is 0.417. The molecule has 3 rings (SSSR count). The van der Waals surface area contributed by atoms with Crippen LogP contribution < -0.4 is 16.0 Å². The first-order chi connectivity index (χ1) is 14.0. The van der Waals surface area contributed by atoms with Crippen molar-refractivity contribution in [3.63, 3.8) is 0 Å². The molecule has 3 unspecified atom stereocenters. The molecule has 0 aromatic heterocycles. The summed E-state index contributed by atoms with van der Waals surface area (Å²) in [6, 6.07) is 16.7. The predicted octanol–water partition coefficient (Wildman–Crippen LogP) is 4.56.